The summed E-state index contributed by atoms with van der Waals surface area (Å²) in [5, 5.41) is 11.9. The average molecular weight is 604 g/mol. The van der Waals surface area contributed by atoms with E-state index in [1.165, 1.54) is 18.2 Å². The number of ether oxygens (including phenoxy) is 3. The zero-order valence-electron chi connectivity index (χ0n) is 20.6. The van der Waals surface area contributed by atoms with E-state index >= 15 is 0 Å². The quantitative estimate of drug-likeness (QED) is 0.159. The molecular weight excluding hydrogens is 577 g/mol. The lowest BCUT2D eigenvalue weighted by molar-refractivity contribution is -0.605. The number of hydrogen-bond acceptors (Lipinski definition) is 6. The van der Waals surface area contributed by atoms with Crippen molar-refractivity contribution in [3.05, 3.63) is 92.9 Å². The number of benzene rings is 2. The van der Waals surface area contributed by atoms with Gasteiger partial charge in [0.05, 0.1) is 6.61 Å². The van der Waals surface area contributed by atoms with Crippen molar-refractivity contribution in [3.63, 3.8) is 0 Å². The molecule has 1 aliphatic rings. The molecule has 1 heterocycles. The van der Waals surface area contributed by atoms with Crippen LogP contribution in [0, 0.1) is 11.1 Å². The molecule has 0 aliphatic heterocycles. The summed E-state index contributed by atoms with van der Waals surface area (Å²) in [6.45, 7) is -2.70. The van der Waals surface area contributed by atoms with Gasteiger partial charge in [-0.15, -0.1) is 12.4 Å². The fourth-order valence-corrected chi connectivity index (χ4v) is 4.44. The van der Waals surface area contributed by atoms with Crippen molar-refractivity contribution >= 4 is 41.6 Å². The zero-order valence-corrected chi connectivity index (χ0v) is 22.9. The van der Waals surface area contributed by atoms with E-state index in [9.17, 15) is 18.8 Å². The van der Waals surface area contributed by atoms with Gasteiger partial charge in [0.15, 0.2) is 23.9 Å². The number of halogens is 5. The molecule has 2 atom stereocenters. The number of rotatable bonds is 12. The highest BCUT2D eigenvalue weighted by molar-refractivity contribution is 6.35. The van der Waals surface area contributed by atoms with Crippen LogP contribution in [-0.4, -0.2) is 25.2 Å². The third kappa shape index (κ3) is 8.83. The van der Waals surface area contributed by atoms with Crippen molar-refractivity contribution in [3.8, 4) is 11.5 Å². The SMILES string of the molecule is Cl.NC(Cc1ccccc1)C(=O)OC(Cc1c(Cl)c[n+]([O-])cc1Cl)c1ccc(OC(F)F)c(OCC2CC2)c1. The van der Waals surface area contributed by atoms with Crippen LogP contribution in [0.3, 0.4) is 0 Å². The van der Waals surface area contributed by atoms with E-state index in [2.05, 4.69) is 4.74 Å². The lowest BCUT2D eigenvalue weighted by Gasteiger charge is -2.23. The number of esters is 1. The average Bonchev–Trinajstić information content (AvgIpc) is 3.69. The second-order valence-electron chi connectivity index (χ2n) is 9.06. The first kappa shape index (κ1) is 30.7. The largest absolute Gasteiger partial charge is 0.619 e. The molecule has 1 aromatic heterocycles. The van der Waals surface area contributed by atoms with Gasteiger partial charge in [-0.2, -0.15) is 13.5 Å². The molecule has 210 valence electrons. The van der Waals surface area contributed by atoms with E-state index in [1.54, 1.807) is 0 Å². The van der Waals surface area contributed by atoms with E-state index in [0.717, 1.165) is 30.8 Å². The van der Waals surface area contributed by atoms with Gasteiger partial charge in [-0.25, -0.2) is 0 Å². The third-order valence-electron chi connectivity index (χ3n) is 6.03. The molecule has 3 aromatic rings. The number of pyridine rings is 1. The van der Waals surface area contributed by atoms with Gasteiger partial charge in [-0.1, -0.05) is 59.6 Å². The molecule has 2 aromatic carbocycles. The Balaban J connectivity index is 0.00000420. The smallest absolute Gasteiger partial charge is 0.387 e. The summed E-state index contributed by atoms with van der Waals surface area (Å²) in [5.41, 5.74) is 7.78. The number of carbonyl (C=O) groups is 1. The van der Waals surface area contributed by atoms with Crippen LogP contribution in [0.2, 0.25) is 10.0 Å². The molecule has 0 spiro atoms. The number of carbonyl (C=O) groups excluding carboxylic acids is 1. The van der Waals surface area contributed by atoms with E-state index in [-0.39, 0.29) is 46.8 Å². The summed E-state index contributed by atoms with van der Waals surface area (Å²) >= 11 is 12.6. The molecule has 0 saturated heterocycles. The van der Waals surface area contributed by atoms with Crippen LogP contribution >= 0.6 is 35.6 Å². The number of aromatic nitrogens is 1. The lowest BCUT2D eigenvalue weighted by atomic mass is 10.0. The standard InChI is InChI=1S/C27H26Cl2F2N2O5.ClH/c28-20-13-33(35)14-21(29)19(20)12-24(37-26(34)22(32)10-16-4-2-1-3-5-16)18-8-9-23(38-27(30)31)25(11-18)36-15-17-6-7-17;/h1-5,8-9,11,13-14,17,22,24,27H,6-7,10,12,15,32H2;1H. The van der Waals surface area contributed by atoms with Crippen LogP contribution in [0.1, 0.15) is 35.6 Å². The number of nitrogens with two attached hydrogens (primary N) is 1. The van der Waals surface area contributed by atoms with Crippen molar-refractivity contribution < 1.29 is 32.5 Å². The summed E-state index contributed by atoms with van der Waals surface area (Å²) in [4.78, 5) is 13.0. The number of alkyl halides is 2. The summed E-state index contributed by atoms with van der Waals surface area (Å²) < 4.78 is 42.7. The molecule has 1 fully saturated rings. The van der Waals surface area contributed by atoms with Crippen LogP contribution in [0.5, 0.6) is 11.5 Å². The predicted molar refractivity (Wildman–Crippen MR) is 145 cm³/mol. The molecule has 0 amide bonds. The second-order valence-corrected chi connectivity index (χ2v) is 9.87. The van der Waals surface area contributed by atoms with Crippen LogP contribution in [-0.2, 0) is 22.4 Å². The highest BCUT2D eigenvalue weighted by Crippen LogP contribution is 2.37. The Morgan fingerprint density at radius 1 is 1.05 bits per heavy atom. The Labute approximate surface area is 240 Å². The maximum atomic E-state index is 13.0. The molecule has 1 saturated carbocycles. The molecule has 39 heavy (non-hydrogen) atoms. The van der Waals surface area contributed by atoms with Crippen molar-refractivity contribution in [1.29, 1.82) is 0 Å². The predicted octanol–water partition coefficient (Wildman–Crippen LogP) is 5.84. The van der Waals surface area contributed by atoms with E-state index in [1.807, 2.05) is 30.3 Å². The molecule has 4 rings (SSSR count). The van der Waals surface area contributed by atoms with Crippen LogP contribution in [0.4, 0.5) is 8.78 Å². The third-order valence-corrected chi connectivity index (χ3v) is 6.69. The van der Waals surface area contributed by atoms with E-state index in [0.29, 0.717) is 28.4 Å². The monoisotopic (exact) mass is 602 g/mol. The van der Waals surface area contributed by atoms with Gasteiger partial charge in [0.25, 0.3) is 0 Å². The maximum absolute atomic E-state index is 13.0. The molecule has 0 bridgehead atoms. The minimum absolute atomic E-state index is 0. The van der Waals surface area contributed by atoms with Gasteiger partial charge >= 0.3 is 12.6 Å². The summed E-state index contributed by atoms with van der Waals surface area (Å²) in [7, 11) is 0. The summed E-state index contributed by atoms with van der Waals surface area (Å²) in [6, 6.07) is 12.5. The fourth-order valence-electron chi connectivity index (χ4n) is 3.84. The Bertz CT molecular complexity index is 1240. The van der Waals surface area contributed by atoms with Gasteiger partial charge < -0.3 is 25.2 Å². The normalized spacial score (nSPS) is 14.3. The highest BCUT2D eigenvalue weighted by atomic mass is 35.5. The first-order valence-corrected chi connectivity index (χ1v) is 12.7. The molecule has 2 unspecified atom stereocenters. The van der Waals surface area contributed by atoms with Crippen LogP contribution < -0.4 is 19.9 Å². The molecule has 0 radical (unpaired) electrons. The molecule has 12 heteroatoms. The Morgan fingerprint density at radius 3 is 2.33 bits per heavy atom. The van der Waals surface area contributed by atoms with Gasteiger partial charge in [0, 0.05) is 12.0 Å². The summed E-state index contributed by atoms with van der Waals surface area (Å²) in [5.74, 6) is -0.386. The number of hydrogen-bond donors (Lipinski definition) is 1. The fraction of sp³-hybridized carbons (Fsp3) is 0.333. The zero-order chi connectivity index (χ0) is 27.2. The second kappa shape index (κ2) is 14.0. The van der Waals surface area contributed by atoms with Crippen LogP contribution in [0.15, 0.2) is 60.9 Å². The molecular formula is C27H27Cl3F2N2O5. The molecule has 7 nitrogen and oxygen atoms in total. The topological polar surface area (TPSA) is 97.7 Å². The van der Waals surface area contributed by atoms with Gasteiger partial charge in [-0.3, -0.25) is 4.79 Å². The first-order valence-electron chi connectivity index (χ1n) is 12.0. The Morgan fingerprint density at radius 2 is 1.72 bits per heavy atom. The Kier molecular flexibility index (Phi) is 11.0. The van der Waals surface area contributed by atoms with Crippen molar-refractivity contribution in [2.45, 2.75) is 44.4 Å². The van der Waals surface area contributed by atoms with E-state index < -0.39 is 24.7 Å². The van der Waals surface area contributed by atoms with Gasteiger partial charge in [-0.05, 0) is 48.4 Å². The molecule has 2 N–H and O–H groups in total. The van der Waals surface area contributed by atoms with Crippen molar-refractivity contribution in [2.75, 3.05) is 6.61 Å². The highest BCUT2D eigenvalue weighted by Gasteiger charge is 2.28. The minimum Gasteiger partial charge on any atom is -0.619 e. The minimum atomic E-state index is -3.05. The van der Waals surface area contributed by atoms with Gasteiger partial charge in [0.1, 0.15) is 22.2 Å². The van der Waals surface area contributed by atoms with E-state index in [4.69, 9.17) is 38.4 Å². The lowest BCUT2D eigenvalue weighted by Crippen LogP contribution is -2.35. The van der Waals surface area contributed by atoms with Crippen molar-refractivity contribution in [1.82, 2.24) is 0 Å². The Hall–Kier alpha value is -2.85. The maximum Gasteiger partial charge on any atom is 0.387 e. The number of nitrogens with zero attached hydrogens (tertiary/aromatic N) is 1. The van der Waals surface area contributed by atoms with Gasteiger partial charge in [0.2, 0.25) is 0 Å². The summed E-state index contributed by atoms with van der Waals surface area (Å²) in [6.07, 6.45) is 3.50. The first-order chi connectivity index (χ1) is 18.2. The van der Waals surface area contributed by atoms with Crippen molar-refractivity contribution in [2.24, 2.45) is 11.7 Å². The van der Waals surface area contributed by atoms with Crippen LogP contribution in [0.25, 0.3) is 0 Å². The molecule has 1 aliphatic carbocycles.